The summed E-state index contributed by atoms with van der Waals surface area (Å²) >= 11 is 0. The number of carbonyl (C=O) groups is 1. The number of carboxylic acid groups (broad SMARTS) is 1. The van der Waals surface area contributed by atoms with Crippen molar-refractivity contribution in [3.63, 3.8) is 0 Å². The normalized spacial score (nSPS) is 10.2. The van der Waals surface area contributed by atoms with Crippen LogP contribution in [-0.2, 0) is 6.42 Å². The van der Waals surface area contributed by atoms with Crippen molar-refractivity contribution in [2.45, 2.75) is 13.3 Å². The van der Waals surface area contributed by atoms with Gasteiger partial charge in [0.2, 0.25) is 0 Å². The molecule has 0 bridgehead atoms. The van der Waals surface area contributed by atoms with Gasteiger partial charge in [-0.15, -0.1) is 0 Å². The average molecular weight is 227 g/mol. The number of carboxylic acids is 1. The Bertz CT molecular complexity index is 535. The van der Waals surface area contributed by atoms with E-state index in [9.17, 15) is 4.79 Å². The van der Waals surface area contributed by atoms with Crippen LogP contribution in [-0.4, -0.2) is 16.1 Å². The van der Waals surface area contributed by atoms with Crippen LogP contribution in [0.4, 0.5) is 0 Å². The van der Waals surface area contributed by atoms with E-state index in [0.29, 0.717) is 12.1 Å². The SMILES string of the molecule is CCc1ncc(-c2ccccc2)cc1C(=O)O. The lowest BCUT2D eigenvalue weighted by Crippen LogP contribution is -2.04. The van der Waals surface area contributed by atoms with Crippen molar-refractivity contribution in [1.29, 1.82) is 0 Å². The summed E-state index contributed by atoms with van der Waals surface area (Å²) in [4.78, 5) is 15.3. The molecule has 0 unspecified atom stereocenters. The summed E-state index contributed by atoms with van der Waals surface area (Å²) in [5.41, 5.74) is 2.72. The van der Waals surface area contributed by atoms with Crippen LogP contribution in [0.15, 0.2) is 42.6 Å². The van der Waals surface area contributed by atoms with Crippen LogP contribution >= 0.6 is 0 Å². The van der Waals surface area contributed by atoms with Gasteiger partial charge in [-0.3, -0.25) is 4.98 Å². The Labute approximate surface area is 99.8 Å². The maximum Gasteiger partial charge on any atom is 0.337 e. The van der Waals surface area contributed by atoms with E-state index in [1.807, 2.05) is 37.3 Å². The van der Waals surface area contributed by atoms with Crippen LogP contribution in [0.3, 0.4) is 0 Å². The van der Waals surface area contributed by atoms with Gasteiger partial charge >= 0.3 is 5.97 Å². The van der Waals surface area contributed by atoms with Crippen LogP contribution in [0.25, 0.3) is 11.1 Å². The number of hydrogen-bond donors (Lipinski definition) is 1. The molecule has 1 aromatic carbocycles. The Morgan fingerprint density at radius 1 is 1.24 bits per heavy atom. The molecule has 1 N–H and O–H groups in total. The zero-order valence-electron chi connectivity index (χ0n) is 9.55. The molecule has 0 saturated carbocycles. The molecule has 2 rings (SSSR count). The minimum absolute atomic E-state index is 0.286. The van der Waals surface area contributed by atoms with Gasteiger partial charge in [0.15, 0.2) is 0 Å². The molecule has 0 aliphatic carbocycles. The smallest absolute Gasteiger partial charge is 0.337 e. The van der Waals surface area contributed by atoms with Crippen molar-refractivity contribution in [1.82, 2.24) is 4.98 Å². The van der Waals surface area contributed by atoms with E-state index in [2.05, 4.69) is 4.98 Å². The van der Waals surface area contributed by atoms with Crippen molar-refractivity contribution in [3.8, 4) is 11.1 Å². The van der Waals surface area contributed by atoms with Crippen molar-refractivity contribution in [3.05, 3.63) is 53.9 Å². The third-order valence-corrected chi connectivity index (χ3v) is 2.64. The molecular weight excluding hydrogens is 214 g/mol. The largest absolute Gasteiger partial charge is 0.478 e. The summed E-state index contributed by atoms with van der Waals surface area (Å²) in [6.07, 6.45) is 2.34. The van der Waals surface area contributed by atoms with Crippen LogP contribution in [0.5, 0.6) is 0 Å². The van der Waals surface area contributed by atoms with Gasteiger partial charge in [-0.2, -0.15) is 0 Å². The molecule has 3 heteroatoms. The van der Waals surface area contributed by atoms with E-state index >= 15 is 0 Å². The number of pyridine rings is 1. The molecule has 17 heavy (non-hydrogen) atoms. The predicted octanol–water partition coefficient (Wildman–Crippen LogP) is 3.01. The number of hydrogen-bond acceptors (Lipinski definition) is 2. The monoisotopic (exact) mass is 227 g/mol. The number of nitrogens with zero attached hydrogens (tertiary/aromatic N) is 1. The number of rotatable bonds is 3. The van der Waals surface area contributed by atoms with E-state index < -0.39 is 5.97 Å². The van der Waals surface area contributed by atoms with Crippen LogP contribution < -0.4 is 0 Å². The summed E-state index contributed by atoms with van der Waals surface area (Å²) in [5.74, 6) is -0.924. The molecule has 2 aromatic rings. The van der Waals surface area contributed by atoms with Gasteiger partial charge in [-0.1, -0.05) is 37.3 Å². The van der Waals surface area contributed by atoms with E-state index in [1.54, 1.807) is 12.3 Å². The van der Waals surface area contributed by atoms with Crippen molar-refractivity contribution < 1.29 is 9.90 Å². The molecule has 0 amide bonds. The highest BCUT2D eigenvalue weighted by atomic mass is 16.4. The molecule has 0 aliphatic heterocycles. The second-order valence-corrected chi connectivity index (χ2v) is 3.74. The van der Waals surface area contributed by atoms with E-state index in [0.717, 1.165) is 11.1 Å². The summed E-state index contributed by atoms with van der Waals surface area (Å²) in [5, 5.41) is 9.13. The predicted molar refractivity (Wildman–Crippen MR) is 66.0 cm³/mol. The summed E-state index contributed by atoms with van der Waals surface area (Å²) < 4.78 is 0. The molecule has 86 valence electrons. The zero-order valence-corrected chi connectivity index (χ0v) is 9.55. The lowest BCUT2D eigenvalue weighted by molar-refractivity contribution is 0.0695. The van der Waals surface area contributed by atoms with Crippen molar-refractivity contribution in [2.75, 3.05) is 0 Å². The second kappa shape index (κ2) is 4.78. The third-order valence-electron chi connectivity index (χ3n) is 2.64. The Balaban J connectivity index is 2.51. The first-order valence-electron chi connectivity index (χ1n) is 5.50. The minimum Gasteiger partial charge on any atom is -0.478 e. The summed E-state index contributed by atoms with van der Waals surface area (Å²) in [6, 6.07) is 11.3. The number of benzene rings is 1. The number of aromatic nitrogens is 1. The molecular formula is C14H13NO2. The lowest BCUT2D eigenvalue weighted by atomic mass is 10.0. The Hall–Kier alpha value is -2.16. The highest BCUT2D eigenvalue weighted by molar-refractivity contribution is 5.90. The fourth-order valence-corrected chi connectivity index (χ4v) is 1.75. The van der Waals surface area contributed by atoms with Gasteiger partial charge in [-0.25, -0.2) is 4.79 Å². The maximum atomic E-state index is 11.1. The Morgan fingerprint density at radius 2 is 1.94 bits per heavy atom. The molecule has 0 saturated heterocycles. The average Bonchev–Trinajstić information content (AvgIpc) is 2.39. The fraction of sp³-hybridized carbons (Fsp3) is 0.143. The van der Waals surface area contributed by atoms with Crippen molar-refractivity contribution >= 4 is 5.97 Å². The maximum absolute atomic E-state index is 11.1. The molecule has 3 nitrogen and oxygen atoms in total. The molecule has 1 aromatic heterocycles. The van der Waals surface area contributed by atoms with Gasteiger partial charge in [-0.05, 0) is 18.1 Å². The van der Waals surface area contributed by atoms with Gasteiger partial charge in [0, 0.05) is 11.8 Å². The van der Waals surface area contributed by atoms with E-state index in [1.165, 1.54) is 0 Å². The number of aromatic carboxylic acids is 1. The first-order chi connectivity index (χ1) is 8.22. The molecule has 1 heterocycles. The molecule has 0 atom stereocenters. The Kier molecular flexibility index (Phi) is 3.19. The zero-order chi connectivity index (χ0) is 12.3. The highest BCUT2D eigenvalue weighted by Crippen LogP contribution is 2.20. The highest BCUT2D eigenvalue weighted by Gasteiger charge is 2.11. The van der Waals surface area contributed by atoms with E-state index in [4.69, 9.17) is 5.11 Å². The van der Waals surface area contributed by atoms with Gasteiger partial charge in [0.05, 0.1) is 11.3 Å². The van der Waals surface area contributed by atoms with Crippen LogP contribution in [0.1, 0.15) is 23.0 Å². The van der Waals surface area contributed by atoms with Crippen molar-refractivity contribution in [2.24, 2.45) is 0 Å². The van der Waals surface area contributed by atoms with Gasteiger partial charge < -0.3 is 5.11 Å². The summed E-state index contributed by atoms with van der Waals surface area (Å²) in [7, 11) is 0. The van der Waals surface area contributed by atoms with Crippen LogP contribution in [0.2, 0.25) is 0 Å². The van der Waals surface area contributed by atoms with Crippen LogP contribution in [0, 0.1) is 0 Å². The quantitative estimate of drug-likeness (QED) is 0.876. The standard InChI is InChI=1S/C14H13NO2/c1-2-13-12(14(16)17)8-11(9-15-13)10-6-4-3-5-7-10/h3-9H,2H2,1H3,(H,16,17). The van der Waals surface area contributed by atoms with E-state index in [-0.39, 0.29) is 5.56 Å². The first kappa shape index (κ1) is 11.3. The third kappa shape index (κ3) is 2.33. The minimum atomic E-state index is -0.924. The molecule has 0 aliphatic rings. The van der Waals surface area contributed by atoms with Gasteiger partial charge in [0.1, 0.15) is 0 Å². The lowest BCUT2D eigenvalue weighted by Gasteiger charge is -2.06. The Morgan fingerprint density at radius 3 is 2.53 bits per heavy atom. The topological polar surface area (TPSA) is 50.2 Å². The molecule has 0 fully saturated rings. The second-order valence-electron chi connectivity index (χ2n) is 3.74. The van der Waals surface area contributed by atoms with Gasteiger partial charge in [0.25, 0.3) is 0 Å². The fourth-order valence-electron chi connectivity index (χ4n) is 1.75. The first-order valence-corrected chi connectivity index (χ1v) is 5.50. The molecule has 0 radical (unpaired) electrons. The molecule has 0 spiro atoms. The summed E-state index contributed by atoms with van der Waals surface area (Å²) in [6.45, 7) is 1.90. The number of aryl methyl sites for hydroxylation is 1.